The first kappa shape index (κ1) is 15.5. The summed E-state index contributed by atoms with van der Waals surface area (Å²) < 4.78 is 0. The molecular weight excluding hydrogens is 274 g/mol. The predicted octanol–water partition coefficient (Wildman–Crippen LogP) is 1.37. The number of nitrogens with one attached hydrogen (secondary N) is 1. The first-order chi connectivity index (χ1) is 10.8. The zero-order valence-electron chi connectivity index (χ0n) is 13.3. The maximum absolute atomic E-state index is 11.6. The highest BCUT2D eigenvalue weighted by Crippen LogP contribution is 2.15. The highest BCUT2D eigenvalue weighted by atomic mass is 16.2. The summed E-state index contributed by atoms with van der Waals surface area (Å²) in [6.45, 7) is 7.70. The van der Waals surface area contributed by atoms with Crippen molar-refractivity contribution in [1.82, 2.24) is 15.1 Å². The van der Waals surface area contributed by atoms with Crippen LogP contribution in [0.5, 0.6) is 0 Å². The molecule has 0 saturated carbocycles. The highest BCUT2D eigenvalue weighted by Gasteiger charge is 2.25. The molecule has 2 fully saturated rings. The number of carbonyl (C=O) groups excluding carboxylic acids is 1. The normalized spacial score (nSPS) is 23.6. The maximum Gasteiger partial charge on any atom is 0.223 e. The minimum Gasteiger partial charge on any atom is -0.356 e. The quantitative estimate of drug-likeness (QED) is 0.862. The first-order valence-electron chi connectivity index (χ1n) is 8.57. The third-order valence-corrected chi connectivity index (χ3v) is 4.98. The van der Waals surface area contributed by atoms with Gasteiger partial charge >= 0.3 is 0 Å². The Morgan fingerprint density at radius 3 is 2.32 bits per heavy atom. The SMILES string of the molecule is O=C1NCCC1CCN1CCN(CCc2ccccc2)CC1. The van der Waals surface area contributed by atoms with Crippen molar-refractivity contribution in [2.24, 2.45) is 5.92 Å². The number of hydrogen-bond donors (Lipinski definition) is 1. The standard InChI is InChI=1S/C18H27N3O/c22-18-17(6-9-19-18)8-11-21-14-12-20(13-15-21)10-7-16-4-2-1-3-5-16/h1-5,17H,6-15H2,(H,19,22). The van der Waals surface area contributed by atoms with Gasteiger partial charge in [0.15, 0.2) is 0 Å². The van der Waals surface area contributed by atoms with Crippen LogP contribution in [0.1, 0.15) is 18.4 Å². The molecule has 1 unspecified atom stereocenters. The number of carbonyl (C=O) groups is 1. The molecular formula is C18H27N3O. The fourth-order valence-corrected chi connectivity index (χ4v) is 3.43. The Morgan fingerprint density at radius 2 is 1.68 bits per heavy atom. The Kier molecular flexibility index (Phi) is 5.46. The van der Waals surface area contributed by atoms with Gasteiger partial charge in [0.25, 0.3) is 0 Å². The third-order valence-electron chi connectivity index (χ3n) is 4.98. The van der Waals surface area contributed by atoms with E-state index in [1.807, 2.05) is 0 Å². The van der Waals surface area contributed by atoms with Gasteiger partial charge in [-0.15, -0.1) is 0 Å². The summed E-state index contributed by atoms with van der Waals surface area (Å²) in [6.07, 6.45) is 3.19. The Hall–Kier alpha value is -1.39. The Balaban J connectivity index is 1.33. The summed E-state index contributed by atoms with van der Waals surface area (Å²) in [6, 6.07) is 10.7. The van der Waals surface area contributed by atoms with E-state index in [0.717, 1.165) is 65.1 Å². The molecule has 2 aliphatic rings. The molecule has 120 valence electrons. The number of amides is 1. The number of rotatable bonds is 6. The monoisotopic (exact) mass is 301 g/mol. The van der Waals surface area contributed by atoms with Gasteiger partial charge < -0.3 is 15.1 Å². The first-order valence-corrected chi connectivity index (χ1v) is 8.57. The third kappa shape index (κ3) is 4.31. The highest BCUT2D eigenvalue weighted by molar-refractivity contribution is 5.80. The van der Waals surface area contributed by atoms with Gasteiger partial charge in [0.2, 0.25) is 5.91 Å². The Labute approximate surface area is 133 Å². The molecule has 1 atom stereocenters. The van der Waals surface area contributed by atoms with E-state index < -0.39 is 0 Å². The summed E-state index contributed by atoms with van der Waals surface area (Å²) >= 11 is 0. The van der Waals surface area contributed by atoms with E-state index in [9.17, 15) is 4.79 Å². The van der Waals surface area contributed by atoms with Gasteiger partial charge in [0.1, 0.15) is 0 Å². The van der Waals surface area contributed by atoms with Crippen molar-refractivity contribution in [2.45, 2.75) is 19.3 Å². The molecule has 2 aliphatic heterocycles. The van der Waals surface area contributed by atoms with Crippen LogP contribution < -0.4 is 5.32 Å². The van der Waals surface area contributed by atoms with Crippen LogP contribution in [-0.4, -0.2) is 61.5 Å². The van der Waals surface area contributed by atoms with Crippen molar-refractivity contribution < 1.29 is 4.79 Å². The molecule has 3 rings (SSSR count). The van der Waals surface area contributed by atoms with E-state index in [2.05, 4.69) is 45.4 Å². The largest absolute Gasteiger partial charge is 0.356 e. The molecule has 2 heterocycles. The van der Waals surface area contributed by atoms with Crippen molar-refractivity contribution in [3.63, 3.8) is 0 Å². The molecule has 0 radical (unpaired) electrons. The lowest BCUT2D eigenvalue weighted by molar-refractivity contribution is -0.122. The predicted molar refractivity (Wildman–Crippen MR) is 88.8 cm³/mol. The fourth-order valence-electron chi connectivity index (χ4n) is 3.43. The van der Waals surface area contributed by atoms with Crippen molar-refractivity contribution in [2.75, 3.05) is 45.8 Å². The summed E-state index contributed by atoms with van der Waals surface area (Å²) in [5, 5.41) is 2.93. The lowest BCUT2D eigenvalue weighted by Crippen LogP contribution is -2.47. The number of benzene rings is 1. The van der Waals surface area contributed by atoms with E-state index in [-0.39, 0.29) is 11.8 Å². The molecule has 2 saturated heterocycles. The minimum atomic E-state index is 0.260. The van der Waals surface area contributed by atoms with Gasteiger partial charge in [-0.05, 0) is 31.4 Å². The van der Waals surface area contributed by atoms with E-state index >= 15 is 0 Å². The lowest BCUT2D eigenvalue weighted by atomic mass is 10.0. The van der Waals surface area contributed by atoms with Gasteiger partial charge in [0.05, 0.1) is 0 Å². The summed E-state index contributed by atoms with van der Waals surface area (Å²) in [5.74, 6) is 0.526. The van der Waals surface area contributed by atoms with Crippen LogP contribution in [0.15, 0.2) is 30.3 Å². The lowest BCUT2D eigenvalue weighted by Gasteiger charge is -2.35. The average Bonchev–Trinajstić information content (AvgIpc) is 2.98. The molecule has 1 amide bonds. The molecule has 1 aromatic carbocycles. The van der Waals surface area contributed by atoms with Crippen molar-refractivity contribution in [3.05, 3.63) is 35.9 Å². The number of piperazine rings is 1. The molecule has 4 heteroatoms. The summed E-state index contributed by atoms with van der Waals surface area (Å²) in [4.78, 5) is 16.7. The molecule has 0 aromatic heterocycles. The van der Waals surface area contributed by atoms with Gasteiger partial charge in [-0.3, -0.25) is 4.79 Å². The molecule has 1 N–H and O–H groups in total. The van der Waals surface area contributed by atoms with Gasteiger partial charge in [-0.2, -0.15) is 0 Å². The van der Waals surface area contributed by atoms with Crippen LogP contribution in [0.3, 0.4) is 0 Å². The van der Waals surface area contributed by atoms with Crippen LogP contribution in [0.4, 0.5) is 0 Å². The van der Waals surface area contributed by atoms with Crippen molar-refractivity contribution >= 4 is 5.91 Å². The Bertz CT molecular complexity index is 468. The van der Waals surface area contributed by atoms with Crippen LogP contribution in [0, 0.1) is 5.92 Å². The molecule has 1 aromatic rings. The van der Waals surface area contributed by atoms with E-state index in [4.69, 9.17) is 0 Å². The molecule has 0 bridgehead atoms. The van der Waals surface area contributed by atoms with E-state index in [0.29, 0.717) is 0 Å². The number of nitrogens with zero attached hydrogens (tertiary/aromatic N) is 2. The zero-order valence-corrected chi connectivity index (χ0v) is 13.3. The average molecular weight is 301 g/mol. The molecule has 0 aliphatic carbocycles. The van der Waals surface area contributed by atoms with Crippen molar-refractivity contribution in [3.8, 4) is 0 Å². The summed E-state index contributed by atoms with van der Waals surface area (Å²) in [7, 11) is 0. The molecule has 22 heavy (non-hydrogen) atoms. The Morgan fingerprint density at radius 1 is 1.00 bits per heavy atom. The molecule has 0 spiro atoms. The second kappa shape index (κ2) is 7.75. The van der Waals surface area contributed by atoms with E-state index in [1.54, 1.807) is 0 Å². The number of hydrogen-bond acceptors (Lipinski definition) is 3. The van der Waals surface area contributed by atoms with Gasteiger partial charge in [-0.1, -0.05) is 30.3 Å². The van der Waals surface area contributed by atoms with Crippen molar-refractivity contribution in [1.29, 1.82) is 0 Å². The van der Waals surface area contributed by atoms with E-state index in [1.165, 1.54) is 5.56 Å². The van der Waals surface area contributed by atoms with Crippen LogP contribution >= 0.6 is 0 Å². The maximum atomic E-state index is 11.6. The van der Waals surface area contributed by atoms with Crippen LogP contribution in [-0.2, 0) is 11.2 Å². The smallest absolute Gasteiger partial charge is 0.223 e. The topological polar surface area (TPSA) is 35.6 Å². The second-order valence-electron chi connectivity index (χ2n) is 6.48. The second-order valence-corrected chi connectivity index (χ2v) is 6.48. The minimum absolute atomic E-state index is 0.260. The van der Waals surface area contributed by atoms with Crippen LogP contribution in [0.2, 0.25) is 0 Å². The van der Waals surface area contributed by atoms with Gasteiger partial charge in [0, 0.05) is 45.2 Å². The fraction of sp³-hybridized carbons (Fsp3) is 0.611. The zero-order chi connectivity index (χ0) is 15.2. The summed E-state index contributed by atoms with van der Waals surface area (Å²) in [5.41, 5.74) is 1.43. The van der Waals surface area contributed by atoms with Gasteiger partial charge in [-0.25, -0.2) is 0 Å². The van der Waals surface area contributed by atoms with Crippen LogP contribution in [0.25, 0.3) is 0 Å². The molecule has 4 nitrogen and oxygen atoms in total.